The van der Waals surface area contributed by atoms with Gasteiger partial charge in [0.25, 0.3) is 10.0 Å². The molecular formula is C34H35ClIN3O4S. The topological polar surface area (TPSA) is 86.8 Å². The third kappa shape index (κ3) is 8.83. The van der Waals surface area contributed by atoms with Crippen molar-refractivity contribution in [2.24, 2.45) is 0 Å². The standard InChI is InChI=1S/C34H35ClIN3O4S/c1-34(2,3)37-33(41)31(22-25-12-6-4-7-13-25)38(23-26-14-10-11-17-30(26)35)32(40)24-39(28-20-18-27(36)19-21-28)44(42,43)29-15-8-5-9-16-29/h4-21,31H,22-24H2,1-3H3,(H,37,41)/t31-/m1/s1. The van der Waals surface area contributed by atoms with Crippen molar-refractivity contribution in [2.45, 2.75) is 50.2 Å². The molecule has 0 spiro atoms. The molecule has 230 valence electrons. The summed E-state index contributed by atoms with van der Waals surface area (Å²) < 4.78 is 30.1. The first kappa shape index (κ1) is 33.5. The van der Waals surface area contributed by atoms with Crippen LogP contribution in [0.5, 0.6) is 0 Å². The van der Waals surface area contributed by atoms with Crippen LogP contribution < -0.4 is 9.62 Å². The number of nitrogens with one attached hydrogen (secondary N) is 1. The van der Waals surface area contributed by atoms with Crippen LogP contribution in [0.1, 0.15) is 31.9 Å². The number of nitrogens with zero attached hydrogens (tertiary/aromatic N) is 2. The Labute approximate surface area is 278 Å². The molecule has 1 atom stereocenters. The number of rotatable bonds is 11. The van der Waals surface area contributed by atoms with E-state index in [1.54, 1.807) is 60.7 Å². The summed E-state index contributed by atoms with van der Waals surface area (Å²) in [7, 11) is -4.15. The molecule has 0 aliphatic rings. The zero-order valence-electron chi connectivity index (χ0n) is 24.8. The molecule has 4 rings (SSSR count). The summed E-state index contributed by atoms with van der Waals surface area (Å²) in [4.78, 5) is 29.9. The molecule has 0 bridgehead atoms. The number of halogens is 2. The lowest BCUT2D eigenvalue weighted by molar-refractivity contribution is -0.140. The molecule has 0 saturated heterocycles. The lowest BCUT2D eigenvalue weighted by Gasteiger charge is -2.35. The van der Waals surface area contributed by atoms with Crippen molar-refractivity contribution >= 4 is 61.7 Å². The maximum Gasteiger partial charge on any atom is 0.264 e. The maximum atomic E-state index is 14.5. The fourth-order valence-corrected chi connectivity index (χ4v) is 6.66. The van der Waals surface area contributed by atoms with Crippen molar-refractivity contribution in [3.63, 3.8) is 0 Å². The molecule has 0 heterocycles. The number of benzene rings is 4. The van der Waals surface area contributed by atoms with Gasteiger partial charge in [0.15, 0.2) is 0 Å². The van der Waals surface area contributed by atoms with Crippen molar-refractivity contribution in [1.29, 1.82) is 0 Å². The maximum absolute atomic E-state index is 14.5. The second kappa shape index (κ2) is 14.6. The number of carbonyl (C=O) groups excluding carboxylic acids is 2. The summed E-state index contributed by atoms with van der Waals surface area (Å²) in [6.45, 7) is 5.08. The first-order valence-corrected chi connectivity index (χ1v) is 17.0. The molecule has 4 aromatic rings. The number of carbonyl (C=O) groups is 2. The Kier molecular flexibility index (Phi) is 11.1. The summed E-state index contributed by atoms with van der Waals surface area (Å²) in [5.41, 5.74) is 1.24. The molecule has 44 heavy (non-hydrogen) atoms. The molecule has 0 unspecified atom stereocenters. The molecule has 0 fully saturated rings. The van der Waals surface area contributed by atoms with Gasteiger partial charge in [-0.15, -0.1) is 0 Å². The van der Waals surface area contributed by atoms with Crippen LogP contribution in [0.2, 0.25) is 5.02 Å². The molecule has 7 nitrogen and oxygen atoms in total. The SMILES string of the molecule is CC(C)(C)NC(=O)[C@@H](Cc1ccccc1)N(Cc1ccccc1Cl)C(=O)CN(c1ccc(I)cc1)S(=O)(=O)c1ccccc1. The van der Waals surface area contributed by atoms with E-state index in [4.69, 9.17) is 11.6 Å². The van der Waals surface area contributed by atoms with Gasteiger partial charge in [0.05, 0.1) is 10.6 Å². The number of amides is 2. The van der Waals surface area contributed by atoms with Crippen LogP contribution in [0.15, 0.2) is 114 Å². The van der Waals surface area contributed by atoms with Crippen molar-refractivity contribution in [2.75, 3.05) is 10.8 Å². The first-order valence-electron chi connectivity index (χ1n) is 14.1. The van der Waals surface area contributed by atoms with Gasteiger partial charge in [-0.2, -0.15) is 0 Å². The largest absolute Gasteiger partial charge is 0.350 e. The van der Waals surface area contributed by atoms with Crippen LogP contribution in [0, 0.1) is 3.57 Å². The van der Waals surface area contributed by atoms with Crippen LogP contribution in [0.25, 0.3) is 0 Å². The number of sulfonamides is 1. The Bertz CT molecular complexity index is 1680. The number of hydrogen-bond donors (Lipinski definition) is 1. The Morgan fingerprint density at radius 1 is 0.841 bits per heavy atom. The molecule has 0 aromatic heterocycles. The van der Waals surface area contributed by atoms with E-state index in [0.717, 1.165) is 13.4 Å². The van der Waals surface area contributed by atoms with Crippen molar-refractivity contribution < 1.29 is 18.0 Å². The highest BCUT2D eigenvalue weighted by atomic mass is 127. The fraction of sp³-hybridized carbons (Fsp3) is 0.235. The summed E-state index contributed by atoms with van der Waals surface area (Å²) in [5.74, 6) is -0.901. The third-order valence-corrected chi connectivity index (χ3v) is 9.67. The minimum absolute atomic E-state index is 0.000513. The van der Waals surface area contributed by atoms with Gasteiger partial charge in [0.1, 0.15) is 12.6 Å². The number of anilines is 1. The van der Waals surface area contributed by atoms with Crippen LogP contribution in [0.4, 0.5) is 5.69 Å². The van der Waals surface area contributed by atoms with E-state index in [2.05, 4.69) is 27.9 Å². The van der Waals surface area contributed by atoms with Crippen LogP contribution in [-0.2, 0) is 32.6 Å². The van der Waals surface area contributed by atoms with E-state index >= 15 is 0 Å². The van der Waals surface area contributed by atoms with Gasteiger partial charge in [0, 0.05) is 27.1 Å². The zero-order valence-corrected chi connectivity index (χ0v) is 28.5. The summed E-state index contributed by atoms with van der Waals surface area (Å²) in [6, 6.07) is 30.5. The van der Waals surface area contributed by atoms with Crippen molar-refractivity contribution in [1.82, 2.24) is 10.2 Å². The van der Waals surface area contributed by atoms with Gasteiger partial charge in [-0.1, -0.05) is 78.3 Å². The van der Waals surface area contributed by atoms with Gasteiger partial charge in [-0.05, 0) is 97.0 Å². The minimum Gasteiger partial charge on any atom is -0.350 e. The quantitative estimate of drug-likeness (QED) is 0.174. The second-order valence-corrected chi connectivity index (χ2v) is 14.9. The summed E-state index contributed by atoms with van der Waals surface area (Å²) in [6.07, 6.45) is 0.216. The smallest absolute Gasteiger partial charge is 0.264 e. The van der Waals surface area contributed by atoms with Gasteiger partial charge < -0.3 is 10.2 Å². The predicted octanol–water partition coefficient (Wildman–Crippen LogP) is 6.69. The highest BCUT2D eigenvalue weighted by Crippen LogP contribution is 2.27. The van der Waals surface area contributed by atoms with E-state index in [1.807, 2.05) is 57.2 Å². The Hall–Kier alpha value is -3.41. The van der Waals surface area contributed by atoms with E-state index in [-0.39, 0.29) is 23.8 Å². The van der Waals surface area contributed by atoms with E-state index in [1.165, 1.54) is 17.0 Å². The molecule has 0 radical (unpaired) electrons. The summed E-state index contributed by atoms with van der Waals surface area (Å²) >= 11 is 8.69. The monoisotopic (exact) mass is 743 g/mol. The van der Waals surface area contributed by atoms with Crippen LogP contribution in [0.3, 0.4) is 0 Å². The minimum atomic E-state index is -4.15. The molecule has 0 aliphatic heterocycles. The Morgan fingerprint density at radius 2 is 1.41 bits per heavy atom. The van der Waals surface area contributed by atoms with Crippen LogP contribution in [-0.4, -0.2) is 43.3 Å². The third-order valence-electron chi connectivity index (χ3n) is 6.79. The molecule has 0 aliphatic carbocycles. The first-order chi connectivity index (χ1) is 20.8. The molecule has 1 N–H and O–H groups in total. The summed E-state index contributed by atoms with van der Waals surface area (Å²) in [5, 5.41) is 3.46. The molecule has 4 aromatic carbocycles. The van der Waals surface area contributed by atoms with Gasteiger partial charge >= 0.3 is 0 Å². The molecule has 10 heteroatoms. The Balaban J connectivity index is 1.82. The van der Waals surface area contributed by atoms with Crippen molar-refractivity contribution in [3.05, 3.63) is 129 Å². The lowest BCUT2D eigenvalue weighted by Crippen LogP contribution is -2.56. The normalized spacial score (nSPS) is 12.3. The molecule has 2 amide bonds. The number of hydrogen-bond acceptors (Lipinski definition) is 4. The van der Waals surface area contributed by atoms with E-state index in [0.29, 0.717) is 16.3 Å². The van der Waals surface area contributed by atoms with E-state index in [9.17, 15) is 18.0 Å². The Morgan fingerprint density at radius 3 is 2.00 bits per heavy atom. The second-order valence-electron chi connectivity index (χ2n) is 11.4. The molecule has 0 saturated carbocycles. The van der Waals surface area contributed by atoms with Gasteiger partial charge in [-0.3, -0.25) is 13.9 Å². The average Bonchev–Trinajstić information content (AvgIpc) is 2.99. The zero-order chi connectivity index (χ0) is 31.9. The van der Waals surface area contributed by atoms with E-state index < -0.39 is 34.1 Å². The highest BCUT2D eigenvalue weighted by molar-refractivity contribution is 14.1. The predicted molar refractivity (Wildman–Crippen MR) is 184 cm³/mol. The van der Waals surface area contributed by atoms with Crippen LogP contribution >= 0.6 is 34.2 Å². The fourth-order valence-electron chi connectivity index (χ4n) is 4.67. The highest BCUT2D eigenvalue weighted by Gasteiger charge is 2.35. The van der Waals surface area contributed by atoms with Crippen molar-refractivity contribution in [3.8, 4) is 0 Å². The molecular weight excluding hydrogens is 709 g/mol. The van der Waals surface area contributed by atoms with Gasteiger partial charge in [-0.25, -0.2) is 8.42 Å². The average molecular weight is 744 g/mol. The van der Waals surface area contributed by atoms with Gasteiger partial charge in [0.2, 0.25) is 11.8 Å². The lowest BCUT2D eigenvalue weighted by atomic mass is 10.0.